The standard InChI is InChI=1S/C16H20N4O3S/c1-4-23-16(22)12-8(2)11-13(18-9(3)19-15(11)24-12)20-10-6-5-7-17-14(10)21/h10H,4-7H2,1-3H3,(H,17,21)(H,18,19,20)/t10-/m1/s1. The quantitative estimate of drug-likeness (QED) is 0.823. The number of amides is 1. The molecule has 1 aliphatic rings. The summed E-state index contributed by atoms with van der Waals surface area (Å²) in [7, 11) is 0. The van der Waals surface area contributed by atoms with Gasteiger partial charge < -0.3 is 15.4 Å². The largest absolute Gasteiger partial charge is 0.462 e. The van der Waals surface area contributed by atoms with Gasteiger partial charge in [0.25, 0.3) is 0 Å². The Morgan fingerprint density at radius 3 is 2.92 bits per heavy atom. The van der Waals surface area contributed by atoms with Crippen LogP contribution in [0.3, 0.4) is 0 Å². The summed E-state index contributed by atoms with van der Waals surface area (Å²) in [6, 6.07) is -0.318. The zero-order valence-electron chi connectivity index (χ0n) is 13.9. The van der Waals surface area contributed by atoms with Crippen LogP contribution in [0.15, 0.2) is 0 Å². The molecule has 2 N–H and O–H groups in total. The summed E-state index contributed by atoms with van der Waals surface area (Å²) in [5.74, 6) is 0.822. The fourth-order valence-corrected chi connectivity index (χ4v) is 3.94. The molecular formula is C16H20N4O3S. The van der Waals surface area contributed by atoms with Crippen LogP contribution < -0.4 is 10.6 Å². The second kappa shape index (κ2) is 6.72. The van der Waals surface area contributed by atoms with E-state index >= 15 is 0 Å². The molecule has 0 spiro atoms. The summed E-state index contributed by atoms with van der Waals surface area (Å²) in [4.78, 5) is 34.3. The molecule has 8 heteroatoms. The Balaban J connectivity index is 2.03. The summed E-state index contributed by atoms with van der Waals surface area (Å²) in [6.45, 7) is 6.46. The smallest absolute Gasteiger partial charge is 0.348 e. The van der Waals surface area contributed by atoms with Gasteiger partial charge in [-0.25, -0.2) is 14.8 Å². The van der Waals surface area contributed by atoms with Gasteiger partial charge in [-0.05, 0) is 39.2 Å². The van der Waals surface area contributed by atoms with E-state index in [1.807, 2.05) is 6.92 Å². The van der Waals surface area contributed by atoms with Crippen LogP contribution in [-0.4, -0.2) is 41.0 Å². The lowest BCUT2D eigenvalue weighted by Crippen LogP contribution is -2.44. The zero-order valence-corrected chi connectivity index (χ0v) is 14.7. The number of fused-ring (bicyclic) bond motifs is 1. The molecule has 7 nitrogen and oxygen atoms in total. The van der Waals surface area contributed by atoms with E-state index in [4.69, 9.17) is 4.74 Å². The van der Waals surface area contributed by atoms with E-state index in [1.54, 1.807) is 13.8 Å². The molecule has 3 rings (SSSR count). The van der Waals surface area contributed by atoms with Crippen molar-refractivity contribution in [1.82, 2.24) is 15.3 Å². The minimum absolute atomic E-state index is 0.0239. The molecule has 1 saturated heterocycles. The minimum Gasteiger partial charge on any atom is -0.462 e. The number of carbonyl (C=O) groups is 2. The summed E-state index contributed by atoms with van der Waals surface area (Å²) >= 11 is 1.30. The maximum absolute atomic E-state index is 12.1. The molecular weight excluding hydrogens is 328 g/mol. The lowest BCUT2D eigenvalue weighted by atomic mass is 10.1. The van der Waals surface area contributed by atoms with Gasteiger partial charge in [0.2, 0.25) is 5.91 Å². The van der Waals surface area contributed by atoms with Crippen molar-refractivity contribution in [1.29, 1.82) is 0 Å². The molecule has 0 bridgehead atoms. The Kier molecular flexibility index (Phi) is 4.66. The number of anilines is 1. The second-order valence-electron chi connectivity index (χ2n) is 5.71. The zero-order chi connectivity index (χ0) is 17.3. The van der Waals surface area contributed by atoms with Crippen molar-refractivity contribution >= 4 is 39.2 Å². The van der Waals surface area contributed by atoms with E-state index < -0.39 is 0 Å². The fourth-order valence-electron chi connectivity index (χ4n) is 2.82. The number of nitrogens with one attached hydrogen (secondary N) is 2. The first-order chi connectivity index (χ1) is 11.5. The molecule has 0 unspecified atom stereocenters. The Morgan fingerprint density at radius 1 is 1.42 bits per heavy atom. The lowest BCUT2D eigenvalue weighted by Gasteiger charge is -2.23. The number of ether oxygens (including phenoxy) is 1. The number of nitrogens with zero attached hydrogens (tertiary/aromatic N) is 2. The molecule has 0 saturated carbocycles. The molecule has 1 aliphatic heterocycles. The number of aromatic nitrogens is 2. The number of carbonyl (C=O) groups excluding carboxylic acids is 2. The van der Waals surface area contributed by atoms with Crippen molar-refractivity contribution in [2.45, 2.75) is 39.7 Å². The predicted octanol–water partition coefficient (Wildman–Crippen LogP) is 2.18. The molecule has 24 heavy (non-hydrogen) atoms. The Morgan fingerprint density at radius 2 is 2.21 bits per heavy atom. The van der Waals surface area contributed by atoms with Crippen LogP contribution in [0.5, 0.6) is 0 Å². The number of hydrogen-bond donors (Lipinski definition) is 2. The lowest BCUT2D eigenvalue weighted by molar-refractivity contribution is -0.123. The Labute approximate surface area is 143 Å². The average Bonchev–Trinajstić information content (AvgIpc) is 2.86. The number of piperidine rings is 1. The van der Waals surface area contributed by atoms with Gasteiger partial charge in [-0.2, -0.15) is 0 Å². The molecule has 3 heterocycles. The van der Waals surface area contributed by atoms with Gasteiger partial charge in [0.1, 0.15) is 27.4 Å². The van der Waals surface area contributed by atoms with Crippen LogP contribution in [0, 0.1) is 13.8 Å². The van der Waals surface area contributed by atoms with Gasteiger partial charge in [0.05, 0.1) is 12.0 Å². The molecule has 1 atom stereocenters. The molecule has 1 amide bonds. The molecule has 0 aromatic carbocycles. The topological polar surface area (TPSA) is 93.2 Å². The fraction of sp³-hybridized carbons (Fsp3) is 0.500. The highest BCUT2D eigenvalue weighted by atomic mass is 32.1. The monoisotopic (exact) mass is 348 g/mol. The summed E-state index contributed by atoms with van der Waals surface area (Å²) < 4.78 is 5.11. The molecule has 0 radical (unpaired) electrons. The minimum atomic E-state index is -0.350. The Hall–Kier alpha value is -2.22. The van der Waals surface area contributed by atoms with E-state index in [0.29, 0.717) is 29.7 Å². The highest BCUT2D eigenvalue weighted by molar-refractivity contribution is 7.20. The van der Waals surface area contributed by atoms with Crippen LogP contribution in [0.4, 0.5) is 5.82 Å². The molecule has 1 fully saturated rings. The first-order valence-corrected chi connectivity index (χ1v) is 8.82. The Bertz CT molecular complexity index is 802. The maximum Gasteiger partial charge on any atom is 0.348 e. The van der Waals surface area contributed by atoms with E-state index in [0.717, 1.165) is 28.6 Å². The number of rotatable bonds is 4. The van der Waals surface area contributed by atoms with Gasteiger partial charge in [-0.1, -0.05) is 0 Å². The third-order valence-electron chi connectivity index (χ3n) is 3.96. The van der Waals surface area contributed by atoms with Crippen LogP contribution in [0.2, 0.25) is 0 Å². The van der Waals surface area contributed by atoms with Crippen molar-refractivity contribution in [2.24, 2.45) is 0 Å². The molecule has 2 aromatic rings. The van der Waals surface area contributed by atoms with Crippen LogP contribution in [-0.2, 0) is 9.53 Å². The third-order valence-corrected chi connectivity index (χ3v) is 5.12. The highest BCUT2D eigenvalue weighted by Gasteiger charge is 2.26. The van der Waals surface area contributed by atoms with Gasteiger partial charge in [-0.3, -0.25) is 4.79 Å². The van der Waals surface area contributed by atoms with Crippen LogP contribution in [0.1, 0.15) is 40.8 Å². The first-order valence-electron chi connectivity index (χ1n) is 8.00. The number of thiophene rings is 1. The van der Waals surface area contributed by atoms with E-state index in [-0.39, 0.29) is 17.9 Å². The van der Waals surface area contributed by atoms with Gasteiger partial charge in [0.15, 0.2) is 0 Å². The second-order valence-corrected chi connectivity index (χ2v) is 6.71. The highest BCUT2D eigenvalue weighted by Crippen LogP contribution is 2.34. The van der Waals surface area contributed by atoms with Crippen molar-refractivity contribution < 1.29 is 14.3 Å². The molecule has 128 valence electrons. The SMILES string of the molecule is CCOC(=O)c1sc2nc(C)nc(N[C@@H]3CCCNC3=O)c2c1C. The van der Waals surface area contributed by atoms with E-state index in [2.05, 4.69) is 20.6 Å². The van der Waals surface area contributed by atoms with Crippen LogP contribution in [0.25, 0.3) is 10.2 Å². The normalized spacial score (nSPS) is 17.6. The molecule has 0 aliphatic carbocycles. The first kappa shape index (κ1) is 16.6. The third kappa shape index (κ3) is 3.06. The van der Waals surface area contributed by atoms with Gasteiger partial charge in [-0.15, -0.1) is 11.3 Å². The summed E-state index contributed by atoms with van der Waals surface area (Å²) in [6.07, 6.45) is 1.68. The predicted molar refractivity (Wildman–Crippen MR) is 92.5 cm³/mol. The number of esters is 1. The average molecular weight is 348 g/mol. The summed E-state index contributed by atoms with van der Waals surface area (Å²) in [5, 5.41) is 6.87. The number of aryl methyl sites for hydroxylation is 2. The number of hydrogen-bond acceptors (Lipinski definition) is 7. The van der Waals surface area contributed by atoms with Gasteiger partial charge in [0, 0.05) is 6.54 Å². The summed E-state index contributed by atoms with van der Waals surface area (Å²) in [5.41, 5.74) is 0.784. The van der Waals surface area contributed by atoms with E-state index in [9.17, 15) is 9.59 Å². The van der Waals surface area contributed by atoms with Crippen LogP contribution >= 0.6 is 11.3 Å². The van der Waals surface area contributed by atoms with Crippen molar-refractivity contribution in [3.8, 4) is 0 Å². The maximum atomic E-state index is 12.1. The molecule has 2 aromatic heterocycles. The van der Waals surface area contributed by atoms with Crippen molar-refractivity contribution in [3.63, 3.8) is 0 Å². The van der Waals surface area contributed by atoms with Crippen molar-refractivity contribution in [3.05, 3.63) is 16.3 Å². The van der Waals surface area contributed by atoms with Crippen molar-refractivity contribution in [2.75, 3.05) is 18.5 Å². The van der Waals surface area contributed by atoms with E-state index in [1.165, 1.54) is 11.3 Å². The van der Waals surface area contributed by atoms with Gasteiger partial charge >= 0.3 is 5.97 Å².